The maximum absolute atomic E-state index is 8.49. The van der Waals surface area contributed by atoms with Crippen LogP contribution in [0.15, 0.2) is 30.7 Å². The van der Waals surface area contributed by atoms with E-state index < -0.39 is 10.2 Å². The highest BCUT2D eigenvalue weighted by molar-refractivity contribution is 5.22. The maximum atomic E-state index is 8.49. The topological polar surface area (TPSA) is 121 Å². The van der Waals surface area contributed by atoms with Crippen LogP contribution in [0.25, 0.3) is 0 Å². The predicted molar refractivity (Wildman–Crippen MR) is 37.2 cm³/mol. The van der Waals surface area contributed by atoms with Gasteiger partial charge in [0.25, 0.3) is 0 Å². The summed E-state index contributed by atoms with van der Waals surface area (Å²) < 4.78 is 36.0. The van der Waals surface area contributed by atoms with Crippen LogP contribution in [0.3, 0.4) is 0 Å². The average molecular weight is 234 g/mol. The number of allylic oxidation sites excluding steroid dienone is 1. The molecule has 0 atom stereocenters. The molecule has 0 radical (unpaired) electrons. The summed E-state index contributed by atoms with van der Waals surface area (Å²) in [5.41, 5.74) is 0. The van der Waals surface area contributed by atoms with Crippen molar-refractivity contribution in [2.24, 2.45) is 0 Å². The molecule has 1 N–H and O–H groups in total. The van der Waals surface area contributed by atoms with Crippen LogP contribution in [-0.2, 0) is 6.54 Å². The lowest BCUT2D eigenvalue weighted by Crippen LogP contribution is -2.68. The van der Waals surface area contributed by atoms with Gasteiger partial charge in [-0.1, -0.05) is 4.98 Å². The fourth-order valence-electron chi connectivity index (χ4n) is 0.968. The Hall–Kier alpha value is -1.25. The molecule has 0 spiro atoms. The molecule has 1 aromatic heterocycles. The van der Waals surface area contributed by atoms with Crippen molar-refractivity contribution in [2.45, 2.75) is 6.54 Å². The van der Waals surface area contributed by atoms with E-state index in [1.54, 1.807) is 6.20 Å². The molecule has 2 rings (SSSR count). The number of aromatic nitrogens is 2. The van der Waals surface area contributed by atoms with Crippen LogP contribution >= 0.6 is 0 Å². The summed E-state index contributed by atoms with van der Waals surface area (Å²) in [6, 6.07) is 1.92. The van der Waals surface area contributed by atoms with Gasteiger partial charge in [0.05, 0.1) is 18.9 Å². The first kappa shape index (κ1) is 11.8. The molecule has 1 aliphatic heterocycles. The lowest BCUT2D eigenvalue weighted by molar-refractivity contribution is -2.00. The Bertz CT molecular complexity index is 319. The fourth-order valence-corrected chi connectivity index (χ4v) is 0.968. The number of hydrogen-bond donors (Lipinski definition) is 1. The van der Waals surface area contributed by atoms with Crippen molar-refractivity contribution in [3.8, 4) is 0 Å². The van der Waals surface area contributed by atoms with E-state index in [1.807, 2.05) is 23.0 Å². The van der Waals surface area contributed by atoms with E-state index in [1.165, 1.54) is 0 Å². The van der Waals surface area contributed by atoms with Crippen molar-refractivity contribution >= 4 is 5.95 Å². The smallest absolute Gasteiger partial charge is 0.249 e. The average Bonchev–Trinajstić information content (AvgIpc) is 2.16. The second-order valence-electron chi connectivity index (χ2n) is 2.52. The molecule has 0 saturated carbocycles. The minimum atomic E-state index is -4.94. The number of nitrogens with zero attached hydrogens (tertiary/aromatic N) is 2. The molecular formula is C7H8ClN3O4. The summed E-state index contributed by atoms with van der Waals surface area (Å²) in [5.74, 6) is 0.907. The highest BCUT2D eigenvalue weighted by Crippen LogP contribution is 1.96. The van der Waals surface area contributed by atoms with Crippen LogP contribution in [0.5, 0.6) is 0 Å². The van der Waals surface area contributed by atoms with Crippen LogP contribution < -0.4 is 28.5 Å². The minimum Gasteiger partial charge on any atom is -0.249 e. The summed E-state index contributed by atoms with van der Waals surface area (Å²) in [5, 5.41) is 3.03. The summed E-state index contributed by atoms with van der Waals surface area (Å²) in [6.45, 7) is 0.913. The van der Waals surface area contributed by atoms with E-state index in [4.69, 9.17) is 18.6 Å². The molecule has 15 heavy (non-hydrogen) atoms. The van der Waals surface area contributed by atoms with Crippen LogP contribution in [-0.4, -0.2) is 4.98 Å². The van der Waals surface area contributed by atoms with Gasteiger partial charge in [-0.25, -0.2) is 28.5 Å². The Kier molecular flexibility index (Phi) is 3.95. The third kappa shape index (κ3) is 5.25. The molecule has 0 amide bonds. The van der Waals surface area contributed by atoms with Gasteiger partial charge in [-0.05, 0) is 6.08 Å². The fraction of sp³-hybridized carbons (Fsp3) is 0.143. The van der Waals surface area contributed by atoms with Gasteiger partial charge in [-0.2, -0.15) is 0 Å². The van der Waals surface area contributed by atoms with Crippen molar-refractivity contribution in [3.05, 3.63) is 30.7 Å². The number of nitrogens with one attached hydrogen (secondary N) is 1. The quantitative estimate of drug-likeness (QED) is 0.451. The molecule has 1 aliphatic rings. The highest BCUT2D eigenvalue weighted by atomic mass is 35.7. The van der Waals surface area contributed by atoms with E-state index in [0.717, 1.165) is 12.5 Å². The van der Waals surface area contributed by atoms with Gasteiger partial charge >= 0.3 is 5.95 Å². The van der Waals surface area contributed by atoms with Crippen LogP contribution in [0.2, 0.25) is 0 Å². The summed E-state index contributed by atoms with van der Waals surface area (Å²) in [4.78, 5) is 4.12. The molecule has 0 fully saturated rings. The molecule has 7 nitrogen and oxygen atoms in total. The first-order chi connectivity index (χ1) is 6.97. The lowest BCUT2D eigenvalue weighted by Gasteiger charge is -2.17. The van der Waals surface area contributed by atoms with E-state index in [-0.39, 0.29) is 0 Å². The van der Waals surface area contributed by atoms with Gasteiger partial charge in [0, 0.05) is 6.07 Å². The van der Waals surface area contributed by atoms with Crippen molar-refractivity contribution < 1.29 is 33.4 Å². The maximum Gasteiger partial charge on any atom is 0.396 e. The zero-order valence-electron chi connectivity index (χ0n) is 7.50. The number of anilines is 1. The van der Waals surface area contributed by atoms with E-state index >= 15 is 0 Å². The van der Waals surface area contributed by atoms with Gasteiger partial charge in [-0.3, -0.25) is 0 Å². The van der Waals surface area contributed by atoms with Crippen molar-refractivity contribution in [2.75, 3.05) is 5.32 Å². The minimum absolute atomic E-state index is 0.907. The van der Waals surface area contributed by atoms with Crippen LogP contribution in [0.4, 0.5) is 5.95 Å². The Labute approximate surface area is 87.7 Å². The second kappa shape index (κ2) is 5.01. The molecule has 0 aliphatic carbocycles. The zero-order chi connectivity index (χ0) is 11.3. The number of rotatable bonds is 0. The van der Waals surface area contributed by atoms with Crippen LogP contribution in [0, 0.1) is 10.2 Å². The van der Waals surface area contributed by atoms with Gasteiger partial charge in [0.1, 0.15) is 6.20 Å². The SMILES string of the molecule is C1=CNc2nccc[n+]2C1.[O-][Cl+3]([O-])([O-])[O-]. The number of hydrogen-bond acceptors (Lipinski definition) is 6. The third-order valence-corrected chi connectivity index (χ3v) is 1.45. The monoisotopic (exact) mass is 233 g/mol. The predicted octanol–water partition coefficient (Wildman–Crippen LogP) is -4.45. The number of halogens is 1. The Balaban J connectivity index is 0.000000195. The van der Waals surface area contributed by atoms with Gasteiger partial charge in [0.15, 0.2) is 0 Å². The third-order valence-electron chi connectivity index (χ3n) is 1.45. The molecule has 0 unspecified atom stereocenters. The lowest BCUT2D eigenvalue weighted by atomic mass is 10.5. The summed E-state index contributed by atoms with van der Waals surface area (Å²) >= 11 is 0. The number of fused-ring (bicyclic) bond motifs is 1. The Morgan fingerprint density at radius 3 is 2.60 bits per heavy atom. The van der Waals surface area contributed by atoms with Gasteiger partial charge < -0.3 is 0 Å². The molecule has 0 aromatic carbocycles. The molecular weight excluding hydrogens is 226 g/mol. The molecule has 8 heteroatoms. The summed E-state index contributed by atoms with van der Waals surface area (Å²) in [7, 11) is -4.94. The second-order valence-corrected chi connectivity index (χ2v) is 3.28. The van der Waals surface area contributed by atoms with Gasteiger partial charge in [0.2, 0.25) is 0 Å². The Morgan fingerprint density at radius 1 is 1.33 bits per heavy atom. The molecule has 1 aromatic rings. The van der Waals surface area contributed by atoms with Crippen LogP contribution in [0.1, 0.15) is 0 Å². The van der Waals surface area contributed by atoms with Gasteiger partial charge in [-0.15, -0.1) is 10.2 Å². The largest absolute Gasteiger partial charge is 0.396 e. The molecule has 2 heterocycles. The molecule has 0 saturated heterocycles. The summed E-state index contributed by atoms with van der Waals surface area (Å²) in [6.07, 6.45) is 7.73. The first-order valence-electron chi connectivity index (χ1n) is 3.84. The normalized spacial score (nSPS) is 13.3. The van der Waals surface area contributed by atoms with Crippen molar-refractivity contribution in [1.82, 2.24) is 4.98 Å². The molecule has 82 valence electrons. The van der Waals surface area contributed by atoms with Crippen molar-refractivity contribution in [1.29, 1.82) is 0 Å². The standard InChI is InChI=1S/C7H7N3.ClHO4/c1-3-8-7-9-4-2-6-10(7)5-1;2-1(3,4)5/h1-5H,6H2;(H,2,3,4,5). The molecule has 0 bridgehead atoms. The highest BCUT2D eigenvalue weighted by Gasteiger charge is 2.08. The van der Waals surface area contributed by atoms with Crippen molar-refractivity contribution in [3.63, 3.8) is 0 Å². The van der Waals surface area contributed by atoms with E-state index in [2.05, 4.69) is 16.4 Å². The zero-order valence-corrected chi connectivity index (χ0v) is 8.26. The Morgan fingerprint density at radius 2 is 2.00 bits per heavy atom. The first-order valence-corrected chi connectivity index (χ1v) is 5.08. The van der Waals surface area contributed by atoms with E-state index in [9.17, 15) is 0 Å². The van der Waals surface area contributed by atoms with E-state index in [0.29, 0.717) is 0 Å².